The molecule has 0 spiro atoms. The SMILES string of the molecule is O=C(O)c1c(F)ccc2c1OB(O)[C@@H](NC(=O)C(NC(=O)N1CCN(C3CCN(C(=O)Nc4cc(O)ccc4Cl)CC3)C1=O)c1cc(F)c(O)c(O)c1Cl)C2. The van der Waals surface area contributed by atoms with Crippen LogP contribution in [0.15, 0.2) is 36.4 Å². The van der Waals surface area contributed by atoms with Gasteiger partial charge < -0.3 is 55.9 Å². The summed E-state index contributed by atoms with van der Waals surface area (Å²) in [6.45, 7) is 0.395. The second kappa shape index (κ2) is 15.6. The van der Waals surface area contributed by atoms with Crippen molar-refractivity contribution in [1.82, 2.24) is 25.3 Å². The Labute approximate surface area is 320 Å². The molecule has 290 valence electrons. The first-order valence-corrected chi connectivity index (χ1v) is 17.3. The number of carbonyl (C=O) groups excluding carboxylic acids is 4. The highest BCUT2D eigenvalue weighted by Crippen LogP contribution is 2.41. The number of amides is 7. The van der Waals surface area contributed by atoms with Crippen LogP contribution in [0, 0.1) is 11.6 Å². The molecule has 6 rings (SSSR count). The van der Waals surface area contributed by atoms with Crippen LogP contribution in [0.5, 0.6) is 23.0 Å². The number of piperidine rings is 1. The van der Waals surface area contributed by atoms with Gasteiger partial charge >= 0.3 is 31.2 Å². The number of anilines is 1. The van der Waals surface area contributed by atoms with Crippen LogP contribution in [-0.2, 0) is 11.2 Å². The summed E-state index contributed by atoms with van der Waals surface area (Å²) in [4.78, 5) is 69.1. The zero-order valence-corrected chi connectivity index (χ0v) is 29.8. The van der Waals surface area contributed by atoms with E-state index in [1.807, 2.05) is 0 Å². The minimum absolute atomic E-state index is 0.0815. The number of benzene rings is 3. The van der Waals surface area contributed by atoms with Crippen LogP contribution in [0.2, 0.25) is 10.0 Å². The topological polar surface area (TPSA) is 242 Å². The van der Waals surface area contributed by atoms with Crippen LogP contribution in [0.25, 0.3) is 0 Å². The lowest BCUT2D eigenvalue weighted by molar-refractivity contribution is -0.123. The summed E-state index contributed by atoms with van der Waals surface area (Å²) in [5, 5.41) is 56.8. The fourth-order valence-corrected chi connectivity index (χ4v) is 7.03. The molecule has 2 fully saturated rings. The number of carboxylic acids is 1. The monoisotopic (exact) mass is 806 g/mol. The number of rotatable bonds is 7. The maximum atomic E-state index is 14.7. The van der Waals surface area contributed by atoms with Crippen LogP contribution in [0.4, 0.5) is 28.9 Å². The Balaban J connectivity index is 1.15. The van der Waals surface area contributed by atoms with Crippen molar-refractivity contribution in [2.45, 2.75) is 37.3 Å². The molecule has 3 heterocycles. The molecular weight excluding hydrogens is 776 g/mol. The van der Waals surface area contributed by atoms with Gasteiger partial charge in [-0.3, -0.25) is 4.79 Å². The minimum Gasteiger partial charge on any atom is -0.534 e. The van der Waals surface area contributed by atoms with Crippen LogP contribution in [0.1, 0.15) is 40.4 Å². The van der Waals surface area contributed by atoms with Crippen molar-refractivity contribution in [3.05, 3.63) is 74.8 Å². The summed E-state index contributed by atoms with van der Waals surface area (Å²) in [6.07, 6.45) is 0.380. The Morgan fingerprint density at radius 3 is 2.33 bits per heavy atom. The second-order valence-corrected chi connectivity index (χ2v) is 13.6. The van der Waals surface area contributed by atoms with Gasteiger partial charge in [-0.1, -0.05) is 29.3 Å². The van der Waals surface area contributed by atoms with Crippen molar-refractivity contribution >= 4 is 66.0 Å². The number of halogens is 4. The molecule has 7 amide bonds. The lowest BCUT2D eigenvalue weighted by Gasteiger charge is -2.36. The zero-order valence-electron chi connectivity index (χ0n) is 28.3. The fraction of sp³-hybridized carbons (Fsp3) is 0.303. The van der Waals surface area contributed by atoms with E-state index in [2.05, 4.69) is 16.0 Å². The molecule has 3 aliphatic rings. The first kappa shape index (κ1) is 39.0. The summed E-state index contributed by atoms with van der Waals surface area (Å²) in [5.41, 5.74) is -1.09. The fourth-order valence-electron chi connectivity index (χ4n) is 6.61. The maximum Gasteiger partial charge on any atom is 0.547 e. The van der Waals surface area contributed by atoms with Gasteiger partial charge in [-0.05, 0) is 49.1 Å². The third-order valence-corrected chi connectivity index (χ3v) is 10.2. The van der Waals surface area contributed by atoms with E-state index in [-0.39, 0.29) is 60.7 Å². The van der Waals surface area contributed by atoms with Gasteiger partial charge in [0.15, 0.2) is 17.3 Å². The Kier molecular flexibility index (Phi) is 11.0. The first-order valence-electron chi connectivity index (χ1n) is 16.6. The third kappa shape index (κ3) is 7.78. The summed E-state index contributed by atoms with van der Waals surface area (Å²) in [5.74, 6) is -9.71. The first-order chi connectivity index (χ1) is 26.0. The van der Waals surface area contributed by atoms with Crippen LogP contribution >= 0.6 is 23.2 Å². The van der Waals surface area contributed by atoms with E-state index in [0.717, 1.165) is 11.0 Å². The number of aromatic hydroxyl groups is 3. The number of hydrogen-bond donors (Lipinski definition) is 8. The van der Waals surface area contributed by atoms with Crippen molar-refractivity contribution in [3.63, 3.8) is 0 Å². The average Bonchev–Trinajstić information content (AvgIpc) is 3.54. The van der Waals surface area contributed by atoms with Gasteiger partial charge in [0.1, 0.15) is 28.9 Å². The maximum absolute atomic E-state index is 14.7. The van der Waals surface area contributed by atoms with Gasteiger partial charge in [-0.15, -0.1) is 0 Å². The van der Waals surface area contributed by atoms with Crippen LogP contribution in [0.3, 0.4) is 0 Å². The van der Waals surface area contributed by atoms with Gasteiger partial charge in [0.2, 0.25) is 5.91 Å². The highest BCUT2D eigenvalue weighted by Gasteiger charge is 2.43. The van der Waals surface area contributed by atoms with Gasteiger partial charge in [-0.25, -0.2) is 32.9 Å². The molecule has 2 saturated heterocycles. The van der Waals surface area contributed by atoms with Gasteiger partial charge in [0.25, 0.3) is 0 Å². The van der Waals surface area contributed by atoms with Crippen molar-refractivity contribution in [2.75, 3.05) is 31.5 Å². The molecule has 3 aromatic rings. The largest absolute Gasteiger partial charge is 0.547 e. The Morgan fingerprint density at radius 2 is 1.64 bits per heavy atom. The normalized spacial score (nSPS) is 17.7. The second-order valence-electron chi connectivity index (χ2n) is 12.8. The van der Waals surface area contributed by atoms with Crippen molar-refractivity contribution in [2.24, 2.45) is 0 Å². The van der Waals surface area contributed by atoms with E-state index >= 15 is 0 Å². The molecule has 0 aliphatic carbocycles. The van der Waals surface area contributed by atoms with E-state index in [1.54, 1.807) is 0 Å². The van der Waals surface area contributed by atoms with Gasteiger partial charge in [-0.2, -0.15) is 0 Å². The number of carboxylic acid groups (broad SMARTS) is 1. The summed E-state index contributed by atoms with van der Waals surface area (Å²) in [6, 6.07) is 1.99. The number of phenolic OH excluding ortho intramolecular Hbond substituents is 3. The molecule has 0 radical (unpaired) electrons. The molecule has 3 aliphatic heterocycles. The number of nitrogens with one attached hydrogen (secondary N) is 3. The van der Waals surface area contributed by atoms with E-state index in [0.29, 0.717) is 18.9 Å². The van der Waals surface area contributed by atoms with Gasteiger partial charge in [0, 0.05) is 43.9 Å². The Bertz CT molecular complexity index is 2090. The lowest BCUT2D eigenvalue weighted by atomic mass is 9.72. The Morgan fingerprint density at radius 1 is 0.927 bits per heavy atom. The molecule has 1 unspecified atom stereocenters. The summed E-state index contributed by atoms with van der Waals surface area (Å²) >= 11 is 12.3. The van der Waals surface area contributed by atoms with Crippen molar-refractivity contribution in [1.29, 1.82) is 0 Å². The summed E-state index contributed by atoms with van der Waals surface area (Å²) < 4.78 is 34.2. The highest BCUT2D eigenvalue weighted by molar-refractivity contribution is 6.47. The number of aromatic carboxylic acids is 1. The predicted molar refractivity (Wildman–Crippen MR) is 189 cm³/mol. The number of phenols is 3. The van der Waals surface area contributed by atoms with Crippen molar-refractivity contribution < 1.29 is 62.9 Å². The number of urea groups is 3. The standard InChI is InChI=1S/C33H31BCl2F2N6O11/c35-18-3-2-16(45)12-21(18)39-31(51)42-7-5-15(6-8-42)43-9-10-44(33(43)53)32(52)41-25(17-13-20(38)26(46)27(47)24(17)36)29(48)40-22-11-14-1-4-19(37)23(30(49)50)28(14)55-34(22)54/h1-4,12-13,15,22,25,45-47,54H,5-11H2,(H,39,51)(H,40,48)(H,41,52)(H,49,50)/t22-,25?/m0/s1. The molecule has 0 bridgehead atoms. The number of carbonyl (C=O) groups is 5. The van der Waals surface area contributed by atoms with Crippen LogP contribution < -0.4 is 20.6 Å². The zero-order chi connectivity index (χ0) is 39.9. The number of hydrogen-bond acceptors (Lipinski definition) is 10. The third-order valence-electron chi connectivity index (χ3n) is 9.46. The molecule has 0 aromatic heterocycles. The summed E-state index contributed by atoms with van der Waals surface area (Å²) in [7, 11) is -1.94. The van der Waals surface area contributed by atoms with Crippen LogP contribution in [-0.4, -0.2) is 115 Å². The highest BCUT2D eigenvalue weighted by atomic mass is 35.5. The van der Waals surface area contributed by atoms with E-state index < -0.39 is 94.1 Å². The average molecular weight is 807 g/mol. The number of nitrogens with zero attached hydrogens (tertiary/aromatic N) is 3. The smallest absolute Gasteiger partial charge is 0.534 e. The molecule has 17 nitrogen and oxygen atoms in total. The Hall–Kier alpha value is -5.73. The lowest BCUT2D eigenvalue weighted by Crippen LogP contribution is -2.56. The minimum atomic E-state index is -1.97. The molecular formula is C33H31BCl2F2N6O11. The van der Waals surface area contributed by atoms with Gasteiger partial charge in [0.05, 0.1) is 21.7 Å². The van der Waals surface area contributed by atoms with E-state index in [4.69, 9.17) is 27.9 Å². The molecule has 0 saturated carbocycles. The quantitative estimate of drug-likeness (QED) is 0.127. The molecule has 2 atom stereocenters. The molecule has 22 heteroatoms. The van der Waals surface area contributed by atoms with E-state index in [1.165, 1.54) is 34.1 Å². The van der Waals surface area contributed by atoms with Crippen molar-refractivity contribution in [3.8, 4) is 23.0 Å². The number of imide groups is 1. The molecule has 8 N–H and O–H groups in total. The van der Waals surface area contributed by atoms with E-state index in [9.17, 15) is 58.2 Å². The molecule has 3 aromatic carbocycles. The molecule has 55 heavy (non-hydrogen) atoms. The number of fused-ring (bicyclic) bond motifs is 1. The predicted octanol–water partition coefficient (Wildman–Crippen LogP) is 3.41. The number of likely N-dealkylation sites (tertiary alicyclic amines) is 1.